The number of hydrogen-bond acceptors (Lipinski definition) is 3. The van der Waals surface area contributed by atoms with Crippen molar-refractivity contribution in [1.29, 1.82) is 0 Å². The Hall–Kier alpha value is -1.62. The fraction of sp³-hybridized carbons (Fsp3) is 0.600. The molecule has 0 radical (unpaired) electrons. The SMILES string of the molecule is CC(CC(=O)Nc1ccc(=O)n(C)c1)C1CCCNC1. The van der Waals surface area contributed by atoms with Crippen LogP contribution in [0.2, 0.25) is 0 Å². The zero-order chi connectivity index (χ0) is 14.5. The van der Waals surface area contributed by atoms with Crippen molar-refractivity contribution >= 4 is 11.6 Å². The Balaban J connectivity index is 1.88. The number of amides is 1. The molecule has 0 aromatic carbocycles. The molecule has 1 fully saturated rings. The van der Waals surface area contributed by atoms with Gasteiger partial charge in [-0.05, 0) is 43.8 Å². The lowest BCUT2D eigenvalue weighted by atomic mass is 9.85. The minimum absolute atomic E-state index is 0.0155. The Labute approximate surface area is 119 Å². The molecule has 1 aromatic rings. The second kappa shape index (κ2) is 6.70. The predicted molar refractivity (Wildman–Crippen MR) is 79.7 cm³/mol. The molecule has 2 rings (SSSR count). The summed E-state index contributed by atoms with van der Waals surface area (Å²) in [5.41, 5.74) is 0.593. The summed E-state index contributed by atoms with van der Waals surface area (Å²) >= 11 is 0. The third-order valence-electron chi connectivity index (χ3n) is 4.02. The first-order chi connectivity index (χ1) is 9.56. The molecule has 2 atom stereocenters. The van der Waals surface area contributed by atoms with Gasteiger partial charge >= 0.3 is 0 Å². The number of aromatic nitrogens is 1. The van der Waals surface area contributed by atoms with Crippen LogP contribution in [0.15, 0.2) is 23.1 Å². The Morgan fingerprint density at radius 2 is 2.35 bits per heavy atom. The first-order valence-corrected chi connectivity index (χ1v) is 7.23. The van der Waals surface area contributed by atoms with Gasteiger partial charge in [-0.2, -0.15) is 0 Å². The number of aryl methyl sites for hydroxylation is 1. The summed E-state index contributed by atoms with van der Waals surface area (Å²) in [6.45, 7) is 4.24. The lowest BCUT2D eigenvalue weighted by molar-refractivity contribution is -0.117. The summed E-state index contributed by atoms with van der Waals surface area (Å²) in [5, 5.41) is 6.24. The van der Waals surface area contributed by atoms with Gasteiger partial charge in [0, 0.05) is 25.7 Å². The predicted octanol–water partition coefficient (Wildman–Crippen LogP) is 1.35. The van der Waals surface area contributed by atoms with Crippen LogP contribution in [0.4, 0.5) is 5.69 Å². The number of nitrogens with zero attached hydrogens (tertiary/aromatic N) is 1. The van der Waals surface area contributed by atoms with Crippen LogP contribution < -0.4 is 16.2 Å². The van der Waals surface area contributed by atoms with Crippen LogP contribution in [0.25, 0.3) is 0 Å². The number of piperidine rings is 1. The van der Waals surface area contributed by atoms with Crippen molar-refractivity contribution in [1.82, 2.24) is 9.88 Å². The van der Waals surface area contributed by atoms with Gasteiger partial charge in [-0.15, -0.1) is 0 Å². The van der Waals surface area contributed by atoms with E-state index in [1.54, 1.807) is 19.3 Å². The smallest absolute Gasteiger partial charge is 0.250 e. The summed E-state index contributed by atoms with van der Waals surface area (Å²) in [5.74, 6) is 0.965. The van der Waals surface area contributed by atoms with Crippen LogP contribution in [0.1, 0.15) is 26.2 Å². The van der Waals surface area contributed by atoms with Gasteiger partial charge in [0.2, 0.25) is 11.5 Å². The molecule has 2 heterocycles. The lowest BCUT2D eigenvalue weighted by Gasteiger charge is -2.28. The highest BCUT2D eigenvalue weighted by molar-refractivity contribution is 5.90. The van der Waals surface area contributed by atoms with E-state index < -0.39 is 0 Å². The maximum atomic E-state index is 12.0. The van der Waals surface area contributed by atoms with E-state index in [9.17, 15) is 9.59 Å². The number of hydrogen-bond donors (Lipinski definition) is 2. The first-order valence-electron chi connectivity index (χ1n) is 7.23. The normalized spacial score (nSPS) is 20.4. The van der Waals surface area contributed by atoms with Gasteiger partial charge in [0.1, 0.15) is 0 Å². The van der Waals surface area contributed by atoms with Crippen LogP contribution in [0.5, 0.6) is 0 Å². The second-order valence-corrected chi connectivity index (χ2v) is 5.70. The van der Waals surface area contributed by atoms with E-state index >= 15 is 0 Å². The summed E-state index contributed by atoms with van der Waals surface area (Å²) in [6.07, 6.45) is 4.56. The summed E-state index contributed by atoms with van der Waals surface area (Å²) in [4.78, 5) is 23.3. The van der Waals surface area contributed by atoms with Crippen LogP contribution in [-0.4, -0.2) is 23.6 Å². The van der Waals surface area contributed by atoms with E-state index in [0.29, 0.717) is 23.9 Å². The monoisotopic (exact) mass is 277 g/mol. The number of pyridine rings is 1. The van der Waals surface area contributed by atoms with E-state index in [0.717, 1.165) is 13.1 Å². The highest BCUT2D eigenvalue weighted by Crippen LogP contribution is 2.22. The first kappa shape index (κ1) is 14.8. The van der Waals surface area contributed by atoms with Gasteiger partial charge in [0.15, 0.2) is 0 Å². The molecule has 5 nitrogen and oxygen atoms in total. The molecule has 1 aliphatic rings. The Bertz CT molecular complexity index is 518. The molecule has 1 saturated heterocycles. The molecule has 2 N–H and O–H groups in total. The standard InChI is InChI=1S/C15H23N3O2/c1-11(12-4-3-7-16-9-12)8-14(19)17-13-5-6-15(20)18(2)10-13/h5-6,10-12,16H,3-4,7-9H2,1-2H3,(H,17,19). The van der Waals surface area contributed by atoms with Crippen molar-refractivity contribution < 1.29 is 4.79 Å². The quantitative estimate of drug-likeness (QED) is 0.873. The average Bonchev–Trinajstić information content (AvgIpc) is 2.44. The van der Waals surface area contributed by atoms with Crippen LogP contribution in [-0.2, 0) is 11.8 Å². The molecule has 1 aromatic heterocycles. The summed E-state index contributed by atoms with van der Waals surface area (Å²) < 4.78 is 1.46. The van der Waals surface area contributed by atoms with Crippen molar-refractivity contribution in [2.24, 2.45) is 18.9 Å². The molecule has 2 unspecified atom stereocenters. The number of nitrogens with one attached hydrogen (secondary N) is 2. The van der Waals surface area contributed by atoms with E-state index in [1.807, 2.05) is 0 Å². The third-order valence-corrected chi connectivity index (χ3v) is 4.02. The molecular weight excluding hydrogens is 254 g/mol. The molecule has 1 aliphatic heterocycles. The fourth-order valence-electron chi connectivity index (χ4n) is 2.70. The number of carbonyl (C=O) groups excluding carboxylic acids is 1. The zero-order valence-electron chi connectivity index (χ0n) is 12.2. The van der Waals surface area contributed by atoms with Gasteiger partial charge in [-0.25, -0.2) is 0 Å². The van der Waals surface area contributed by atoms with E-state index in [1.165, 1.54) is 23.5 Å². The molecule has 20 heavy (non-hydrogen) atoms. The van der Waals surface area contributed by atoms with E-state index in [-0.39, 0.29) is 11.5 Å². The van der Waals surface area contributed by atoms with Gasteiger partial charge < -0.3 is 15.2 Å². The Morgan fingerprint density at radius 3 is 3.00 bits per heavy atom. The number of carbonyl (C=O) groups is 1. The van der Waals surface area contributed by atoms with Crippen molar-refractivity contribution in [3.8, 4) is 0 Å². The maximum absolute atomic E-state index is 12.0. The van der Waals surface area contributed by atoms with Crippen molar-refractivity contribution in [3.63, 3.8) is 0 Å². The molecular formula is C15H23N3O2. The highest BCUT2D eigenvalue weighted by Gasteiger charge is 2.22. The van der Waals surface area contributed by atoms with Gasteiger partial charge in [-0.3, -0.25) is 9.59 Å². The lowest BCUT2D eigenvalue weighted by Crippen LogP contribution is -2.34. The molecule has 5 heteroatoms. The summed E-state index contributed by atoms with van der Waals surface area (Å²) in [6, 6.07) is 3.11. The van der Waals surface area contributed by atoms with Gasteiger partial charge in [0.05, 0.1) is 5.69 Å². The number of rotatable bonds is 4. The van der Waals surface area contributed by atoms with Crippen LogP contribution >= 0.6 is 0 Å². The van der Waals surface area contributed by atoms with Crippen LogP contribution in [0.3, 0.4) is 0 Å². The minimum Gasteiger partial charge on any atom is -0.325 e. The Morgan fingerprint density at radius 1 is 1.55 bits per heavy atom. The van der Waals surface area contributed by atoms with Crippen molar-refractivity contribution in [3.05, 3.63) is 28.7 Å². The van der Waals surface area contributed by atoms with Crippen molar-refractivity contribution in [2.45, 2.75) is 26.2 Å². The number of anilines is 1. The molecule has 0 bridgehead atoms. The van der Waals surface area contributed by atoms with E-state index in [4.69, 9.17) is 0 Å². The van der Waals surface area contributed by atoms with Gasteiger partial charge in [-0.1, -0.05) is 6.92 Å². The zero-order valence-corrected chi connectivity index (χ0v) is 12.2. The Kier molecular flexibility index (Phi) is 4.95. The molecule has 0 aliphatic carbocycles. The molecule has 0 spiro atoms. The largest absolute Gasteiger partial charge is 0.325 e. The fourth-order valence-corrected chi connectivity index (χ4v) is 2.70. The molecule has 110 valence electrons. The van der Waals surface area contributed by atoms with Crippen LogP contribution in [0, 0.1) is 11.8 Å². The highest BCUT2D eigenvalue weighted by atomic mass is 16.1. The third kappa shape index (κ3) is 3.93. The average molecular weight is 277 g/mol. The second-order valence-electron chi connectivity index (χ2n) is 5.70. The van der Waals surface area contributed by atoms with Gasteiger partial charge in [0.25, 0.3) is 0 Å². The topological polar surface area (TPSA) is 63.1 Å². The van der Waals surface area contributed by atoms with Crippen molar-refractivity contribution in [2.75, 3.05) is 18.4 Å². The maximum Gasteiger partial charge on any atom is 0.250 e. The molecule has 1 amide bonds. The van der Waals surface area contributed by atoms with E-state index in [2.05, 4.69) is 17.6 Å². The summed E-state index contributed by atoms with van der Waals surface area (Å²) in [7, 11) is 1.67. The minimum atomic E-state index is -0.0790. The molecule has 0 saturated carbocycles.